The molecule has 0 bridgehead atoms. The van der Waals surface area contributed by atoms with E-state index in [-0.39, 0.29) is 29.8 Å². The molecule has 1 spiro atoms. The molecule has 2 atom stereocenters. The van der Waals surface area contributed by atoms with E-state index in [9.17, 15) is 4.79 Å². The number of amides is 1. The molecule has 2 aromatic rings. The van der Waals surface area contributed by atoms with Gasteiger partial charge in [-0.2, -0.15) is 0 Å². The summed E-state index contributed by atoms with van der Waals surface area (Å²) < 4.78 is 16.1. The highest BCUT2D eigenvalue weighted by Gasteiger charge is 2.47. The Hall–Kier alpha value is -2.66. The zero-order chi connectivity index (χ0) is 19.3. The highest BCUT2D eigenvalue weighted by Crippen LogP contribution is 2.37. The molecule has 2 saturated heterocycles. The van der Waals surface area contributed by atoms with Gasteiger partial charge in [0.2, 0.25) is 5.76 Å². The number of rotatable bonds is 4. The van der Waals surface area contributed by atoms with E-state index in [2.05, 4.69) is 15.5 Å². The van der Waals surface area contributed by atoms with Gasteiger partial charge in [0.05, 0.1) is 38.0 Å². The van der Waals surface area contributed by atoms with Crippen LogP contribution in [0.15, 0.2) is 22.2 Å². The molecule has 0 radical (unpaired) electrons. The number of nitrogens with one attached hydrogen (secondary N) is 1. The number of carbonyl (C=O) groups excluding carboxylic acids is 1. The van der Waals surface area contributed by atoms with Gasteiger partial charge in [-0.3, -0.25) is 9.59 Å². The minimum absolute atomic E-state index is 0.178. The lowest BCUT2D eigenvalue weighted by Crippen LogP contribution is -2.36. The molecule has 0 aliphatic carbocycles. The van der Waals surface area contributed by atoms with E-state index in [1.165, 1.54) is 13.2 Å². The summed E-state index contributed by atoms with van der Waals surface area (Å²) in [5, 5.41) is 16.8. The first kappa shape index (κ1) is 19.1. The normalized spacial score (nSPS) is 23.7. The summed E-state index contributed by atoms with van der Waals surface area (Å²) in [5.41, 5.74) is -0.283. The number of anilines is 1. The van der Waals surface area contributed by atoms with Gasteiger partial charge in [-0.25, -0.2) is 4.98 Å². The van der Waals surface area contributed by atoms with Crippen LogP contribution in [0.1, 0.15) is 23.4 Å². The van der Waals surface area contributed by atoms with Crippen molar-refractivity contribution in [1.82, 2.24) is 15.0 Å². The lowest BCUT2D eigenvalue weighted by atomic mass is 9.97. The Kier molecular flexibility index (Phi) is 5.91. The lowest BCUT2D eigenvalue weighted by Gasteiger charge is -2.22. The van der Waals surface area contributed by atoms with Crippen LogP contribution in [0.25, 0.3) is 0 Å². The van der Waals surface area contributed by atoms with Gasteiger partial charge in [0.25, 0.3) is 18.3 Å². The van der Waals surface area contributed by atoms with E-state index in [4.69, 9.17) is 23.9 Å². The van der Waals surface area contributed by atoms with Gasteiger partial charge in [-0.1, -0.05) is 0 Å². The van der Waals surface area contributed by atoms with E-state index < -0.39 is 0 Å². The predicted molar refractivity (Wildman–Crippen MR) is 95.1 cm³/mol. The number of thiazole rings is 1. The van der Waals surface area contributed by atoms with Gasteiger partial charge >= 0.3 is 0 Å². The van der Waals surface area contributed by atoms with Crippen LogP contribution in [0.3, 0.4) is 0 Å². The van der Waals surface area contributed by atoms with Crippen LogP contribution in [0.4, 0.5) is 5.13 Å². The van der Waals surface area contributed by atoms with Crippen molar-refractivity contribution < 1.29 is 28.7 Å². The fourth-order valence-electron chi connectivity index (χ4n) is 3.32. The molecule has 11 heteroatoms. The van der Waals surface area contributed by atoms with E-state index >= 15 is 0 Å². The van der Waals surface area contributed by atoms with Gasteiger partial charge in [-0.05, 0) is 11.6 Å². The van der Waals surface area contributed by atoms with Gasteiger partial charge < -0.3 is 29.3 Å². The highest BCUT2D eigenvalue weighted by atomic mass is 32.1. The van der Waals surface area contributed by atoms with Crippen molar-refractivity contribution in [2.75, 3.05) is 32.1 Å². The van der Waals surface area contributed by atoms with Crippen molar-refractivity contribution in [3.8, 4) is 5.88 Å². The van der Waals surface area contributed by atoms with E-state index in [0.717, 1.165) is 18.0 Å². The minimum Gasteiger partial charge on any atom is -0.483 e. The second-order valence-electron chi connectivity index (χ2n) is 6.19. The Morgan fingerprint density at radius 2 is 2.41 bits per heavy atom. The van der Waals surface area contributed by atoms with Crippen LogP contribution in [0.5, 0.6) is 5.88 Å². The topological polar surface area (TPSA) is 127 Å². The lowest BCUT2D eigenvalue weighted by molar-refractivity contribution is -0.122. The third kappa shape index (κ3) is 4.37. The Labute approximate surface area is 159 Å². The Balaban J connectivity index is 0.000000659. The summed E-state index contributed by atoms with van der Waals surface area (Å²) in [6.07, 6.45) is 3.45. The molecule has 2 aliphatic heterocycles. The first-order valence-electron chi connectivity index (χ1n) is 8.27. The maximum Gasteiger partial charge on any atom is 0.292 e. The largest absolute Gasteiger partial charge is 0.483 e. The highest BCUT2D eigenvalue weighted by molar-refractivity contribution is 7.13. The fraction of sp³-hybridized carbons (Fsp3) is 0.500. The fourth-order valence-corrected chi connectivity index (χ4v) is 3.93. The predicted octanol–water partition coefficient (Wildman–Crippen LogP) is 1.33. The first-order valence-corrected chi connectivity index (χ1v) is 9.15. The van der Waals surface area contributed by atoms with Crippen molar-refractivity contribution in [2.45, 2.75) is 24.5 Å². The smallest absolute Gasteiger partial charge is 0.292 e. The molecule has 0 aromatic carbocycles. The summed E-state index contributed by atoms with van der Waals surface area (Å²) in [4.78, 5) is 26.9. The number of methoxy groups -OCH3 is 1. The third-order valence-corrected chi connectivity index (χ3v) is 5.19. The van der Waals surface area contributed by atoms with Crippen LogP contribution in [0, 0.1) is 0 Å². The molecule has 4 rings (SSSR count). The molecule has 2 N–H and O–H groups in total. The van der Waals surface area contributed by atoms with Crippen LogP contribution >= 0.6 is 11.3 Å². The maximum atomic E-state index is 12.5. The molecule has 2 aromatic heterocycles. The average molecular weight is 396 g/mol. The molecule has 2 fully saturated rings. The van der Waals surface area contributed by atoms with Gasteiger partial charge in [0.1, 0.15) is 0 Å². The number of ether oxygens (including phenoxy) is 2. The molecule has 10 nitrogen and oxygen atoms in total. The molecule has 146 valence electrons. The Morgan fingerprint density at radius 3 is 3.07 bits per heavy atom. The molecular formula is C16H20N4O6S. The monoisotopic (exact) mass is 396 g/mol. The summed E-state index contributed by atoms with van der Waals surface area (Å²) in [6.45, 7) is 1.58. The number of likely N-dealkylation sites (tertiary alicyclic amines) is 1. The van der Waals surface area contributed by atoms with Crippen LogP contribution in [-0.2, 0) is 9.53 Å². The van der Waals surface area contributed by atoms with Crippen molar-refractivity contribution in [3.05, 3.63) is 23.4 Å². The second-order valence-corrected chi connectivity index (χ2v) is 7.09. The molecule has 4 heterocycles. The first-order chi connectivity index (χ1) is 13.1. The van der Waals surface area contributed by atoms with E-state index in [1.807, 2.05) is 5.38 Å². The third-order valence-electron chi connectivity index (χ3n) is 4.48. The van der Waals surface area contributed by atoms with Crippen molar-refractivity contribution in [1.29, 1.82) is 0 Å². The molecule has 0 saturated carbocycles. The zero-order valence-electron chi connectivity index (χ0n) is 14.7. The number of carboxylic acid groups (broad SMARTS) is 1. The average Bonchev–Trinajstić information content (AvgIpc) is 3.44. The van der Waals surface area contributed by atoms with Gasteiger partial charge in [0, 0.05) is 24.5 Å². The molecule has 2 aliphatic rings. The zero-order valence-corrected chi connectivity index (χ0v) is 15.5. The van der Waals surface area contributed by atoms with E-state index in [1.54, 1.807) is 22.4 Å². The summed E-state index contributed by atoms with van der Waals surface area (Å²) in [7, 11) is 1.49. The number of nitrogens with zero attached hydrogens (tertiary/aromatic N) is 3. The second kappa shape index (κ2) is 8.35. The summed E-state index contributed by atoms with van der Waals surface area (Å²) in [5.74, 6) is 0.319. The van der Waals surface area contributed by atoms with E-state index in [0.29, 0.717) is 25.6 Å². The quantitative estimate of drug-likeness (QED) is 0.736. The number of hydrogen-bond donors (Lipinski definition) is 2. The number of carbonyl (C=O) groups is 2. The molecular weight excluding hydrogens is 376 g/mol. The Morgan fingerprint density at radius 1 is 1.59 bits per heavy atom. The summed E-state index contributed by atoms with van der Waals surface area (Å²) >= 11 is 1.57. The molecule has 1 amide bonds. The maximum absolute atomic E-state index is 12.5. The molecule has 27 heavy (non-hydrogen) atoms. The number of aromatic nitrogens is 2. The van der Waals surface area contributed by atoms with Crippen LogP contribution < -0.4 is 10.1 Å². The van der Waals surface area contributed by atoms with Gasteiger partial charge in [-0.15, -0.1) is 11.3 Å². The van der Waals surface area contributed by atoms with Crippen LogP contribution in [-0.4, -0.2) is 71.0 Å². The van der Waals surface area contributed by atoms with Crippen molar-refractivity contribution >= 4 is 28.8 Å². The minimum atomic E-state index is -0.283. The summed E-state index contributed by atoms with van der Waals surface area (Å²) in [6, 6.07) is 1.73. The number of hydrogen-bond acceptors (Lipinski definition) is 9. The van der Waals surface area contributed by atoms with Crippen molar-refractivity contribution in [3.63, 3.8) is 0 Å². The van der Waals surface area contributed by atoms with Crippen LogP contribution in [0.2, 0.25) is 0 Å². The molecule has 2 unspecified atom stereocenters. The SMILES string of the molecule is COc1cc(C(=O)N2CCC3(CC(Nc4nccs4)CO3)C2)on1.O=CO. The van der Waals surface area contributed by atoms with Gasteiger partial charge in [0.15, 0.2) is 5.13 Å². The Bertz CT molecular complexity index is 767. The standard InChI is InChI=1S/C15H18N4O4S.CH2O2/c1-21-12-6-11(23-18-12)13(20)19-4-2-15(9-19)7-10(8-22-15)17-14-16-3-5-24-14;2-1-3/h3,5-6,10H,2,4,7-9H2,1H3,(H,16,17);1H,(H,2,3). The van der Waals surface area contributed by atoms with Crippen molar-refractivity contribution in [2.24, 2.45) is 0 Å².